The maximum Gasteiger partial charge on any atom is 0.320 e. The quantitative estimate of drug-likeness (QED) is 0.281. The summed E-state index contributed by atoms with van der Waals surface area (Å²) >= 11 is 0. The lowest BCUT2D eigenvalue weighted by Gasteiger charge is -2.41. The van der Waals surface area contributed by atoms with Gasteiger partial charge in [0.05, 0.1) is 36.7 Å². The van der Waals surface area contributed by atoms with Gasteiger partial charge in [-0.2, -0.15) is 15.2 Å². The number of piperazine rings is 1. The van der Waals surface area contributed by atoms with Crippen LogP contribution in [0, 0.1) is 11.3 Å². The number of aromatic nitrogens is 3. The maximum atomic E-state index is 12.5. The number of anilines is 1. The number of carbonyl (C=O) groups excluding carboxylic acids is 1. The normalized spacial score (nSPS) is 19.0. The summed E-state index contributed by atoms with van der Waals surface area (Å²) in [6, 6.07) is 18.7. The molecule has 2 aliphatic rings. The van der Waals surface area contributed by atoms with E-state index in [1.165, 1.54) is 6.08 Å². The molecule has 0 radical (unpaired) electrons. The number of ether oxygens (including phenoxy) is 2. The number of fused-ring (bicyclic) bond motifs is 2. The van der Waals surface area contributed by atoms with Crippen molar-refractivity contribution in [1.82, 2.24) is 24.8 Å². The highest BCUT2D eigenvalue weighted by Crippen LogP contribution is 2.35. The molecular weight excluding hydrogens is 542 g/mol. The summed E-state index contributed by atoms with van der Waals surface area (Å²) in [6.07, 6.45) is 3.72. The fraction of sp³-hybridized carbons (Fsp3) is 0.364. The van der Waals surface area contributed by atoms with Crippen LogP contribution in [0.3, 0.4) is 0 Å². The van der Waals surface area contributed by atoms with Crippen molar-refractivity contribution in [1.29, 1.82) is 5.26 Å². The molecule has 2 aliphatic heterocycles. The Morgan fingerprint density at radius 2 is 1.95 bits per heavy atom. The van der Waals surface area contributed by atoms with E-state index >= 15 is 0 Å². The Morgan fingerprint density at radius 3 is 2.72 bits per heavy atom. The van der Waals surface area contributed by atoms with Crippen LogP contribution < -0.4 is 14.4 Å². The van der Waals surface area contributed by atoms with Gasteiger partial charge in [0.15, 0.2) is 5.65 Å². The summed E-state index contributed by atoms with van der Waals surface area (Å²) in [6.45, 7) is 6.61. The Bertz CT molecular complexity index is 1720. The van der Waals surface area contributed by atoms with Crippen LogP contribution in [-0.2, 0) is 4.79 Å². The highest BCUT2D eigenvalue weighted by molar-refractivity contribution is 5.98. The van der Waals surface area contributed by atoms with Crippen LogP contribution in [0.5, 0.6) is 11.8 Å². The van der Waals surface area contributed by atoms with Crippen LogP contribution in [0.4, 0.5) is 5.82 Å². The number of carbonyl (C=O) groups is 1. The summed E-state index contributed by atoms with van der Waals surface area (Å²) in [5, 5.41) is 12.4. The Hall–Kier alpha value is -4.75. The number of likely N-dealkylation sites (tertiary alicyclic amines) is 1. The first kappa shape index (κ1) is 28.4. The first-order valence-corrected chi connectivity index (χ1v) is 14.6. The third-order valence-corrected chi connectivity index (χ3v) is 8.51. The molecule has 0 saturated carbocycles. The molecular formula is C33H35N7O3. The molecule has 0 spiro atoms. The molecule has 2 aromatic heterocycles. The average Bonchev–Trinajstić information content (AvgIpc) is 3.46. The summed E-state index contributed by atoms with van der Waals surface area (Å²) in [5.74, 6) is 1.26. The highest BCUT2D eigenvalue weighted by Gasteiger charge is 2.31. The van der Waals surface area contributed by atoms with E-state index in [1.807, 2.05) is 36.4 Å². The molecule has 0 bridgehead atoms. The Balaban J connectivity index is 1.43. The molecule has 2 saturated heterocycles. The minimum Gasteiger partial charge on any atom is -0.497 e. The topological polar surface area (TPSA) is 108 Å². The lowest BCUT2D eigenvalue weighted by atomic mass is 10.0. The molecule has 0 N–H and O–H groups in total. The standard InChI is InChI=1S/C33H35N7O3/c1-4-30(41)40-17-16-39(20-23(40)13-14-34)32-27-11-12-29(28-19-25(42-3)18-22-8-5-6-10-26(22)28)35-31(27)36-33(37-32)43-21-24-9-7-15-38(24)2/h4-6,8,10-12,18-19,23-24H,1,7,9,13,15-17,20-21H2,2-3H3/t23-,24-/m0/s1. The first-order chi connectivity index (χ1) is 21.0. The third kappa shape index (κ3) is 5.68. The van der Waals surface area contributed by atoms with Crippen molar-refractivity contribution in [3.05, 3.63) is 61.2 Å². The highest BCUT2D eigenvalue weighted by atomic mass is 16.5. The van der Waals surface area contributed by atoms with Gasteiger partial charge in [-0.05, 0) is 67.5 Å². The van der Waals surface area contributed by atoms with Gasteiger partial charge >= 0.3 is 6.01 Å². The largest absolute Gasteiger partial charge is 0.497 e. The van der Waals surface area contributed by atoms with E-state index in [2.05, 4.69) is 41.6 Å². The molecule has 2 fully saturated rings. The van der Waals surface area contributed by atoms with E-state index in [1.54, 1.807) is 12.0 Å². The summed E-state index contributed by atoms with van der Waals surface area (Å²) in [5.41, 5.74) is 2.22. The van der Waals surface area contributed by atoms with Gasteiger partial charge in [-0.1, -0.05) is 30.8 Å². The smallest absolute Gasteiger partial charge is 0.320 e. The fourth-order valence-electron chi connectivity index (χ4n) is 6.14. The Morgan fingerprint density at radius 1 is 1.09 bits per heavy atom. The average molecular weight is 578 g/mol. The molecule has 220 valence electrons. The molecule has 10 heteroatoms. The van der Waals surface area contributed by atoms with Crippen LogP contribution in [0.15, 0.2) is 61.2 Å². The third-order valence-electron chi connectivity index (χ3n) is 8.51. The molecule has 0 aliphatic carbocycles. The molecule has 0 unspecified atom stereocenters. The minimum absolute atomic E-state index is 0.172. The van der Waals surface area contributed by atoms with E-state index in [0.717, 1.165) is 52.6 Å². The van der Waals surface area contributed by atoms with Crippen LogP contribution >= 0.6 is 0 Å². The molecule has 2 aromatic carbocycles. The van der Waals surface area contributed by atoms with Crippen LogP contribution in [0.25, 0.3) is 33.1 Å². The number of likely N-dealkylation sites (N-methyl/N-ethyl adjacent to an activating group) is 1. The van der Waals surface area contributed by atoms with Crippen molar-refractivity contribution in [2.45, 2.75) is 31.3 Å². The Kier molecular flexibility index (Phi) is 8.07. The van der Waals surface area contributed by atoms with Crippen LogP contribution in [0.1, 0.15) is 19.3 Å². The maximum absolute atomic E-state index is 12.5. The van der Waals surface area contributed by atoms with Gasteiger partial charge in [0.2, 0.25) is 5.91 Å². The first-order valence-electron chi connectivity index (χ1n) is 14.6. The molecule has 43 heavy (non-hydrogen) atoms. The Labute approximate surface area is 251 Å². The van der Waals surface area contributed by atoms with Crippen molar-refractivity contribution in [3.63, 3.8) is 0 Å². The van der Waals surface area contributed by atoms with Gasteiger partial charge in [-0.25, -0.2) is 4.98 Å². The van der Waals surface area contributed by atoms with Crippen molar-refractivity contribution >= 4 is 33.5 Å². The zero-order valence-corrected chi connectivity index (χ0v) is 24.6. The monoisotopic (exact) mass is 577 g/mol. The van der Waals surface area contributed by atoms with Crippen molar-refractivity contribution in [3.8, 4) is 29.1 Å². The van der Waals surface area contributed by atoms with Gasteiger partial charge < -0.3 is 24.2 Å². The number of hydrogen-bond donors (Lipinski definition) is 0. The minimum atomic E-state index is -0.291. The number of benzene rings is 2. The number of amides is 1. The van der Waals surface area contributed by atoms with Crippen molar-refractivity contribution in [2.24, 2.45) is 0 Å². The molecule has 10 nitrogen and oxygen atoms in total. The molecule has 2 atom stereocenters. The van der Waals surface area contributed by atoms with Crippen molar-refractivity contribution < 1.29 is 14.3 Å². The number of nitrogens with zero attached hydrogens (tertiary/aromatic N) is 7. The second-order valence-electron chi connectivity index (χ2n) is 11.1. The van der Waals surface area contributed by atoms with Crippen LogP contribution in [-0.4, -0.2) is 89.7 Å². The van der Waals surface area contributed by atoms with E-state index < -0.39 is 0 Å². The van der Waals surface area contributed by atoms with Crippen LogP contribution in [0.2, 0.25) is 0 Å². The predicted octanol–water partition coefficient (Wildman–Crippen LogP) is 4.44. The van der Waals surface area contributed by atoms with Gasteiger partial charge in [0, 0.05) is 31.2 Å². The van der Waals surface area contributed by atoms with E-state index in [0.29, 0.717) is 43.7 Å². The number of hydrogen-bond acceptors (Lipinski definition) is 9. The summed E-state index contributed by atoms with van der Waals surface area (Å²) < 4.78 is 11.8. The predicted molar refractivity (Wildman–Crippen MR) is 166 cm³/mol. The number of methoxy groups -OCH3 is 1. The lowest BCUT2D eigenvalue weighted by molar-refractivity contribution is -0.128. The van der Waals surface area contributed by atoms with Gasteiger partial charge in [-0.3, -0.25) is 4.79 Å². The van der Waals surface area contributed by atoms with E-state index in [4.69, 9.17) is 24.4 Å². The number of pyridine rings is 1. The van der Waals surface area contributed by atoms with Crippen molar-refractivity contribution in [2.75, 3.05) is 51.8 Å². The summed E-state index contributed by atoms with van der Waals surface area (Å²) in [7, 11) is 3.77. The van der Waals surface area contributed by atoms with Gasteiger partial charge in [-0.15, -0.1) is 0 Å². The number of nitriles is 1. The second-order valence-corrected chi connectivity index (χ2v) is 11.1. The second kappa shape index (κ2) is 12.2. The van der Waals surface area contributed by atoms with Gasteiger partial charge in [0.1, 0.15) is 18.2 Å². The fourth-order valence-corrected chi connectivity index (χ4v) is 6.14. The van der Waals surface area contributed by atoms with E-state index in [-0.39, 0.29) is 24.4 Å². The lowest BCUT2D eigenvalue weighted by Crippen LogP contribution is -2.55. The zero-order valence-electron chi connectivity index (χ0n) is 24.6. The zero-order chi connectivity index (χ0) is 29.9. The molecule has 4 heterocycles. The molecule has 6 rings (SSSR count). The molecule has 1 amide bonds. The summed E-state index contributed by atoms with van der Waals surface area (Å²) in [4.78, 5) is 33.4. The SMILES string of the molecule is C=CC(=O)N1CCN(c2nc(OC[C@@H]3CCCN3C)nc3nc(-c4cc(OC)cc5ccccc45)ccc23)C[C@@H]1CC#N. The van der Waals surface area contributed by atoms with Gasteiger partial charge in [0.25, 0.3) is 0 Å². The number of rotatable bonds is 8. The molecule has 4 aromatic rings. The van der Waals surface area contributed by atoms with E-state index in [9.17, 15) is 10.1 Å².